The van der Waals surface area contributed by atoms with Gasteiger partial charge in [-0.05, 0) is 24.7 Å². The van der Waals surface area contributed by atoms with Gasteiger partial charge >= 0.3 is 0 Å². The van der Waals surface area contributed by atoms with Crippen LogP contribution in [0.2, 0.25) is 0 Å². The standard InChI is InChI=1S/C17H36O/c1-5-6-7-9-12-15-18-16-13-10-8-11-14-17(2,3)4/h5-16H2,1-4H3. The van der Waals surface area contributed by atoms with Gasteiger partial charge in [0.2, 0.25) is 0 Å². The third-order valence-electron chi connectivity index (χ3n) is 3.36. The Morgan fingerprint density at radius 3 is 1.67 bits per heavy atom. The quantitative estimate of drug-likeness (QED) is 0.391. The molecule has 0 aliphatic heterocycles. The summed E-state index contributed by atoms with van der Waals surface area (Å²) in [5, 5.41) is 0. The van der Waals surface area contributed by atoms with Crippen molar-refractivity contribution in [2.24, 2.45) is 5.41 Å². The smallest absolute Gasteiger partial charge is 0.0466 e. The van der Waals surface area contributed by atoms with Crippen LogP contribution in [0.15, 0.2) is 0 Å². The molecule has 0 saturated heterocycles. The van der Waals surface area contributed by atoms with Crippen molar-refractivity contribution in [3.05, 3.63) is 0 Å². The SMILES string of the molecule is CCCCCCCOCCCCCCC(C)(C)C. The van der Waals surface area contributed by atoms with Crippen molar-refractivity contribution in [3.63, 3.8) is 0 Å². The summed E-state index contributed by atoms with van der Waals surface area (Å²) >= 11 is 0. The Kier molecular flexibility index (Phi) is 12.0. The van der Waals surface area contributed by atoms with Gasteiger partial charge in [-0.3, -0.25) is 0 Å². The Morgan fingerprint density at radius 2 is 1.17 bits per heavy atom. The summed E-state index contributed by atoms with van der Waals surface area (Å²) in [5.74, 6) is 0. The molecular weight excluding hydrogens is 220 g/mol. The van der Waals surface area contributed by atoms with Crippen LogP contribution in [0.1, 0.15) is 91.9 Å². The summed E-state index contributed by atoms with van der Waals surface area (Å²) in [6.45, 7) is 11.2. The molecule has 0 aliphatic carbocycles. The molecule has 0 rings (SSSR count). The summed E-state index contributed by atoms with van der Waals surface area (Å²) in [4.78, 5) is 0. The fourth-order valence-corrected chi connectivity index (χ4v) is 2.12. The summed E-state index contributed by atoms with van der Waals surface area (Å²) in [5.41, 5.74) is 0.509. The largest absolute Gasteiger partial charge is 0.381 e. The molecule has 0 aromatic rings. The predicted octanol–water partition coefficient (Wildman–Crippen LogP) is 5.97. The second-order valence-corrected chi connectivity index (χ2v) is 6.75. The Bertz CT molecular complexity index is 157. The van der Waals surface area contributed by atoms with Crippen LogP contribution in [0.3, 0.4) is 0 Å². The van der Waals surface area contributed by atoms with E-state index in [1.54, 1.807) is 0 Å². The highest BCUT2D eigenvalue weighted by molar-refractivity contribution is 4.60. The fraction of sp³-hybridized carbons (Fsp3) is 1.00. The monoisotopic (exact) mass is 256 g/mol. The minimum Gasteiger partial charge on any atom is -0.381 e. The molecule has 0 bridgehead atoms. The van der Waals surface area contributed by atoms with Gasteiger partial charge in [0, 0.05) is 13.2 Å². The van der Waals surface area contributed by atoms with E-state index in [2.05, 4.69) is 27.7 Å². The van der Waals surface area contributed by atoms with Crippen LogP contribution in [-0.4, -0.2) is 13.2 Å². The molecule has 0 radical (unpaired) electrons. The van der Waals surface area contributed by atoms with Gasteiger partial charge in [0.25, 0.3) is 0 Å². The first-order valence-corrected chi connectivity index (χ1v) is 8.14. The van der Waals surface area contributed by atoms with E-state index < -0.39 is 0 Å². The second-order valence-electron chi connectivity index (χ2n) is 6.75. The van der Waals surface area contributed by atoms with Crippen molar-refractivity contribution in [2.45, 2.75) is 91.9 Å². The lowest BCUT2D eigenvalue weighted by Gasteiger charge is -2.17. The maximum absolute atomic E-state index is 5.66. The van der Waals surface area contributed by atoms with Crippen LogP contribution < -0.4 is 0 Å². The Labute approximate surface area is 116 Å². The maximum atomic E-state index is 5.66. The summed E-state index contributed by atoms with van der Waals surface area (Å²) in [6.07, 6.45) is 13.4. The number of rotatable bonds is 12. The minimum atomic E-state index is 0.509. The van der Waals surface area contributed by atoms with Crippen molar-refractivity contribution >= 4 is 0 Å². The molecule has 0 N–H and O–H groups in total. The van der Waals surface area contributed by atoms with Crippen LogP contribution in [0.4, 0.5) is 0 Å². The summed E-state index contributed by atoms with van der Waals surface area (Å²) in [6, 6.07) is 0. The molecule has 0 saturated carbocycles. The second kappa shape index (κ2) is 12.0. The Balaban J connectivity index is 2.99. The first-order chi connectivity index (χ1) is 8.56. The first-order valence-electron chi connectivity index (χ1n) is 8.14. The van der Waals surface area contributed by atoms with E-state index in [4.69, 9.17) is 4.74 Å². The van der Waals surface area contributed by atoms with E-state index in [0.29, 0.717) is 5.41 Å². The van der Waals surface area contributed by atoms with Crippen molar-refractivity contribution in [2.75, 3.05) is 13.2 Å². The van der Waals surface area contributed by atoms with E-state index in [1.807, 2.05) is 0 Å². The molecule has 0 spiro atoms. The lowest BCUT2D eigenvalue weighted by Crippen LogP contribution is -2.04. The molecule has 1 nitrogen and oxygen atoms in total. The highest BCUT2D eigenvalue weighted by Gasteiger charge is 2.08. The molecule has 0 amide bonds. The molecule has 0 heterocycles. The van der Waals surface area contributed by atoms with E-state index in [1.165, 1.54) is 64.2 Å². The number of hydrogen-bond donors (Lipinski definition) is 0. The molecule has 18 heavy (non-hydrogen) atoms. The van der Waals surface area contributed by atoms with Gasteiger partial charge in [-0.1, -0.05) is 72.6 Å². The molecular formula is C17H36O. The van der Waals surface area contributed by atoms with Gasteiger partial charge in [-0.15, -0.1) is 0 Å². The Morgan fingerprint density at radius 1 is 0.667 bits per heavy atom. The molecule has 0 fully saturated rings. The molecule has 1 heteroatoms. The molecule has 110 valence electrons. The molecule has 0 atom stereocenters. The van der Waals surface area contributed by atoms with Crippen molar-refractivity contribution < 1.29 is 4.74 Å². The van der Waals surface area contributed by atoms with Crippen molar-refractivity contribution in [3.8, 4) is 0 Å². The highest BCUT2D eigenvalue weighted by atomic mass is 16.5. The van der Waals surface area contributed by atoms with Gasteiger partial charge in [-0.2, -0.15) is 0 Å². The van der Waals surface area contributed by atoms with Crippen molar-refractivity contribution in [1.82, 2.24) is 0 Å². The lowest BCUT2D eigenvalue weighted by atomic mass is 9.89. The third kappa shape index (κ3) is 16.0. The van der Waals surface area contributed by atoms with Gasteiger partial charge in [0.15, 0.2) is 0 Å². The average Bonchev–Trinajstić information content (AvgIpc) is 2.29. The molecule has 0 aromatic carbocycles. The van der Waals surface area contributed by atoms with E-state index in [0.717, 1.165) is 13.2 Å². The van der Waals surface area contributed by atoms with Gasteiger partial charge in [0.1, 0.15) is 0 Å². The van der Waals surface area contributed by atoms with Gasteiger partial charge < -0.3 is 4.74 Å². The van der Waals surface area contributed by atoms with Crippen LogP contribution in [0.25, 0.3) is 0 Å². The Hall–Kier alpha value is -0.0400. The van der Waals surface area contributed by atoms with E-state index >= 15 is 0 Å². The fourth-order valence-electron chi connectivity index (χ4n) is 2.12. The highest BCUT2D eigenvalue weighted by Crippen LogP contribution is 2.22. The number of ether oxygens (including phenoxy) is 1. The normalized spacial score (nSPS) is 12.0. The lowest BCUT2D eigenvalue weighted by molar-refractivity contribution is 0.125. The zero-order valence-electron chi connectivity index (χ0n) is 13.4. The van der Waals surface area contributed by atoms with Crippen LogP contribution in [0.5, 0.6) is 0 Å². The predicted molar refractivity (Wildman–Crippen MR) is 82.1 cm³/mol. The molecule has 0 aliphatic rings. The van der Waals surface area contributed by atoms with Crippen LogP contribution >= 0.6 is 0 Å². The maximum Gasteiger partial charge on any atom is 0.0466 e. The zero-order valence-corrected chi connectivity index (χ0v) is 13.4. The van der Waals surface area contributed by atoms with Crippen molar-refractivity contribution in [1.29, 1.82) is 0 Å². The summed E-state index contributed by atoms with van der Waals surface area (Å²) in [7, 11) is 0. The third-order valence-corrected chi connectivity index (χ3v) is 3.36. The van der Waals surface area contributed by atoms with Crippen LogP contribution in [0, 0.1) is 5.41 Å². The average molecular weight is 256 g/mol. The minimum absolute atomic E-state index is 0.509. The van der Waals surface area contributed by atoms with Crippen LogP contribution in [-0.2, 0) is 4.74 Å². The summed E-state index contributed by atoms with van der Waals surface area (Å²) < 4.78 is 5.66. The number of unbranched alkanes of at least 4 members (excludes halogenated alkanes) is 7. The van der Waals surface area contributed by atoms with E-state index in [-0.39, 0.29) is 0 Å². The zero-order chi connectivity index (χ0) is 13.7. The van der Waals surface area contributed by atoms with Gasteiger partial charge in [-0.25, -0.2) is 0 Å². The number of hydrogen-bond acceptors (Lipinski definition) is 1. The topological polar surface area (TPSA) is 9.23 Å². The molecule has 0 unspecified atom stereocenters. The van der Waals surface area contributed by atoms with E-state index in [9.17, 15) is 0 Å². The molecule has 0 aromatic heterocycles. The van der Waals surface area contributed by atoms with Gasteiger partial charge in [0.05, 0.1) is 0 Å². The first kappa shape index (κ1) is 18.0.